The van der Waals surface area contributed by atoms with Crippen molar-refractivity contribution < 1.29 is 4.79 Å². The number of hydrogen-bond donors (Lipinski definition) is 1. The minimum absolute atomic E-state index is 0.0480. The van der Waals surface area contributed by atoms with Crippen LogP contribution in [0.25, 0.3) is 21.8 Å². The largest absolute Gasteiger partial charge is 0.368 e. The van der Waals surface area contributed by atoms with E-state index >= 15 is 0 Å². The Morgan fingerprint density at radius 1 is 1.03 bits per heavy atom. The van der Waals surface area contributed by atoms with Crippen molar-refractivity contribution in [3.8, 4) is 0 Å². The van der Waals surface area contributed by atoms with E-state index in [0.29, 0.717) is 18.6 Å². The van der Waals surface area contributed by atoms with E-state index in [9.17, 15) is 9.59 Å². The van der Waals surface area contributed by atoms with Gasteiger partial charge in [0.25, 0.3) is 5.56 Å². The van der Waals surface area contributed by atoms with E-state index in [1.165, 1.54) is 21.5 Å². The number of fused-ring (bicyclic) bond motifs is 3. The number of aromatic nitrogens is 3. The van der Waals surface area contributed by atoms with Gasteiger partial charge in [-0.15, -0.1) is 0 Å². The normalized spacial score (nSPS) is 14.5. The zero-order valence-electron chi connectivity index (χ0n) is 17.8. The zero-order valence-corrected chi connectivity index (χ0v) is 17.8. The highest BCUT2D eigenvalue weighted by molar-refractivity contribution is 6.06. The van der Waals surface area contributed by atoms with Crippen molar-refractivity contribution in [2.75, 3.05) is 31.1 Å². The molecule has 1 saturated heterocycles. The Labute approximate surface area is 179 Å². The molecule has 0 radical (unpaired) electrons. The zero-order chi connectivity index (χ0) is 21.5. The summed E-state index contributed by atoms with van der Waals surface area (Å²) in [5.41, 5.74) is 4.82. The number of para-hydroxylation sites is 1. The van der Waals surface area contributed by atoms with E-state index in [1.807, 2.05) is 29.2 Å². The van der Waals surface area contributed by atoms with Crippen molar-refractivity contribution in [2.45, 2.75) is 20.4 Å². The van der Waals surface area contributed by atoms with Gasteiger partial charge in [0.15, 0.2) is 0 Å². The first-order chi connectivity index (χ1) is 15.0. The highest BCUT2D eigenvalue weighted by Crippen LogP contribution is 2.23. The Kier molecular flexibility index (Phi) is 4.73. The summed E-state index contributed by atoms with van der Waals surface area (Å²) in [6.45, 7) is 6.99. The molecule has 1 fully saturated rings. The molecule has 5 rings (SSSR count). The molecule has 2 aromatic heterocycles. The number of nitrogens with zero attached hydrogens (tertiary/aromatic N) is 4. The summed E-state index contributed by atoms with van der Waals surface area (Å²) in [6, 6.07) is 14.2. The average molecular weight is 415 g/mol. The van der Waals surface area contributed by atoms with Crippen LogP contribution in [0.4, 0.5) is 5.69 Å². The van der Waals surface area contributed by atoms with Crippen LogP contribution in [-0.2, 0) is 11.3 Å². The number of nitrogens with one attached hydrogen (secondary N) is 1. The van der Waals surface area contributed by atoms with E-state index < -0.39 is 0 Å². The van der Waals surface area contributed by atoms with Gasteiger partial charge in [-0.25, -0.2) is 4.68 Å². The monoisotopic (exact) mass is 415 g/mol. The molecule has 0 spiro atoms. The van der Waals surface area contributed by atoms with Gasteiger partial charge >= 0.3 is 0 Å². The van der Waals surface area contributed by atoms with E-state index in [1.54, 1.807) is 6.20 Å². The number of carbonyl (C=O) groups is 1. The first-order valence-corrected chi connectivity index (χ1v) is 10.6. The number of benzene rings is 2. The molecule has 0 saturated carbocycles. The third kappa shape index (κ3) is 3.46. The van der Waals surface area contributed by atoms with Crippen LogP contribution in [0.15, 0.2) is 53.5 Å². The molecule has 0 unspecified atom stereocenters. The maximum atomic E-state index is 12.9. The SMILES string of the molecule is Cc1ccc(C)c(N2CCN(C(=O)Cn3ncc4c([nH]c5ccccc54)c3=O)CC2)c1. The van der Waals surface area contributed by atoms with Gasteiger partial charge in [-0.3, -0.25) is 9.59 Å². The highest BCUT2D eigenvalue weighted by atomic mass is 16.2. The summed E-state index contributed by atoms with van der Waals surface area (Å²) >= 11 is 0. The van der Waals surface area contributed by atoms with Crippen LogP contribution >= 0.6 is 0 Å². The summed E-state index contributed by atoms with van der Waals surface area (Å²) < 4.78 is 1.26. The summed E-state index contributed by atoms with van der Waals surface area (Å²) in [5, 5.41) is 6.02. The van der Waals surface area contributed by atoms with Gasteiger partial charge < -0.3 is 14.8 Å². The van der Waals surface area contributed by atoms with Crippen molar-refractivity contribution in [1.29, 1.82) is 0 Å². The number of hydrogen-bond acceptors (Lipinski definition) is 4. The molecule has 1 amide bonds. The van der Waals surface area contributed by atoms with E-state index in [-0.39, 0.29) is 18.0 Å². The first-order valence-electron chi connectivity index (χ1n) is 10.6. The van der Waals surface area contributed by atoms with Crippen molar-refractivity contribution in [1.82, 2.24) is 19.7 Å². The second kappa shape index (κ2) is 7.58. The van der Waals surface area contributed by atoms with Gasteiger partial charge in [0, 0.05) is 48.2 Å². The molecule has 3 heterocycles. The number of piperazine rings is 1. The van der Waals surface area contributed by atoms with Crippen molar-refractivity contribution >= 4 is 33.4 Å². The Balaban J connectivity index is 1.31. The van der Waals surface area contributed by atoms with E-state index in [0.717, 1.165) is 29.4 Å². The fourth-order valence-electron chi connectivity index (χ4n) is 4.37. The molecule has 4 aromatic rings. The van der Waals surface area contributed by atoms with Crippen LogP contribution in [0.1, 0.15) is 11.1 Å². The highest BCUT2D eigenvalue weighted by Gasteiger charge is 2.23. The number of H-pyrrole nitrogens is 1. The number of anilines is 1. The summed E-state index contributed by atoms with van der Waals surface area (Å²) in [4.78, 5) is 33.1. The maximum Gasteiger partial charge on any atom is 0.291 e. The van der Waals surface area contributed by atoms with E-state index in [4.69, 9.17) is 0 Å². The fraction of sp³-hybridized carbons (Fsp3) is 0.292. The molecule has 7 heteroatoms. The Hall–Kier alpha value is -3.61. The lowest BCUT2D eigenvalue weighted by atomic mass is 10.1. The molecule has 0 aliphatic carbocycles. The molecule has 7 nitrogen and oxygen atoms in total. The van der Waals surface area contributed by atoms with Crippen LogP contribution in [-0.4, -0.2) is 51.8 Å². The van der Waals surface area contributed by atoms with E-state index in [2.05, 4.69) is 47.0 Å². The van der Waals surface area contributed by atoms with Gasteiger partial charge in [-0.1, -0.05) is 30.3 Å². The molecule has 31 heavy (non-hydrogen) atoms. The second-order valence-electron chi connectivity index (χ2n) is 8.22. The lowest BCUT2D eigenvalue weighted by Crippen LogP contribution is -2.50. The average Bonchev–Trinajstić information content (AvgIpc) is 3.17. The van der Waals surface area contributed by atoms with Crippen LogP contribution in [0, 0.1) is 13.8 Å². The molecule has 2 aromatic carbocycles. The summed E-state index contributed by atoms with van der Waals surface area (Å²) in [6.07, 6.45) is 1.67. The standard InChI is InChI=1S/C24H25N5O2/c1-16-7-8-17(2)21(13-16)27-9-11-28(12-10-27)22(30)15-29-24(31)23-19(14-25-29)18-5-3-4-6-20(18)26-23/h3-8,13-14,26H,9-12,15H2,1-2H3. The fourth-order valence-corrected chi connectivity index (χ4v) is 4.37. The number of carbonyl (C=O) groups excluding carboxylic acids is 1. The predicted molar refractivity (Wildman–Crippen MR) is 123 cm³/mol. The lowest BCUT2D eigenvalue weighted by Gasteiger charge is -2.37. The molecule has 0 atom stereocenters. The van der Waals surface area contributed by atoms with Gasteiger partial charge in [0.1, 0.15) is 12.1 Å². The van der Waals surface area contributed by atoms with Crippen molar-refractivity contribution in [3.63, 3.8) is 0 Å². The van der Waals surface area contributed by atoms with Crippen LogP contribution in [0.5, 0.6) is 0 Å². The number of amides is 1. The number of aryl methyl sites for hydroxylation is 2. The third-order valence-corrected chi connectivity index (χ3v) is 6.14. The van der Waals surface area contributed by atoms with Crippen LogP contribution in [0.3, 0.4) is 0 Å². The maximum absolute atomic E-state index is 12.9. The summed E-state index contributed by atoms with van der Waals surface area (Å²) in [5.74, 6) is -0.0781. The number of rotatable bonds is 3. The Bertz CT molecular complexity index is 1350. The van der Waals surface area contributed by atoms with Gasteiger partial charge in [0.2, 0.25) is 5.91 Å². The second-order valence-corrected chi connectivity index (χ2v) is 8.22. The number of aromatic amines is 1. The van der Waals surface area contributed by atoms with Gasteiger partial charge in [0.05, 0.1) is 6.20 Å². The third-order valence-electron chi connectivity index (χ3n) is 6.14. The quantitative estimate of drug-likeness (QED) is 0.558. The molecule has 158 valence electrons. The first kappa shape index (κ1) is 19.4. The molecular formula is C24H25N5O2. The van der Waals surface area contributed by atoms with Crippen LogP contribution in [0.2, 0.25) is 0 Å². The van der Waals surface area contributed by atoms with Crippen molar-refractivity contribution in [3.05, 3.63) is 70.1 Å². The van der Waals surface area contributed by atoms with Crippen LogP contribution < -0.4 is 10.5 Å². The molecular weight excluding hydrogens is 390 g/mol. The molecule has 1 aliphatic rings. The Morgan fingerprint density at radius 3 is 2.61 bits per heavy atom. The molecule has 0 bridgehead atoms. The lowest BCUT2D eigenvalue weighted by molar-refractivity contribution is -0.132. The molecule has 1 aliphatic heterocycles. The minimum Gasteiger partial charge on any atom is -0.368 e. The minimum atomic E-state index is -0.268. The summed E-state index contributed by atoms with van der Waals surface area (Å²) in [7, 11) is 0. The van der Waals surface area contributed by atoms with Gasteiger partial charge in [-0.2, -0.15) is 5.10 Å². The van der Waals surface area contributed by atoms with Gasteiger partial charge in [-0.05, 0) is 37.1 Å². The Morgan fingerprint density at radius 2 is 1.81 bits per heavy atom. The smallest absolute Gasteiger partial charge is 0.291 e. The molecule has 1 N–H and O–H groups in total. The predicted octanol–water partition coefficient (Wildman–Crippen LogP) is 2.84. The topological polar surface area (TPSA) is 74.2 Å². The van der Waals surface area contributed by atoms with Crippen molar-refractivity contribution in [2.24, 2.45) is 0 Å².